The highest BCUT2D eigenvalue weighted by Crippen LogP contribution is 2.21. The van der Waals surface area contributed by atoms with Crippen molar-refractivity contribution in [3.63, 3.8) is 0 Å². The van der Waals surface area contributed by atoms with E-state index in [0.29, 0.717) is 11.3 Å². The molecule has 0 unspecified atom stereocenters. The average Bonchev–Trinajstić information content (AvgIpc) is 3.07. The number of hydrogen-bond acceptors (Lipinski definition) is 3. The van der Waals surface area contributed by atoms with Crippen molar-refractivity contribution < 1.29 is 4.79 Å². The normalized spacial score (nSPS) is 11.3. The fourth-order valence-electron chi connectivity index (χ4n) is 3.03. The summed E-state index contributed by atoms with van der Waals surface area (Å²) >= 11 is 0. The van der Waals surface area contributed by atoms with E-state index < -0.39 is 5.91 Å². The predicted octanol–water partition coefficient (Wildman–Crippen LogP) is 3.90. The summed E-state index contributed by atoms with van der Waals surface area (Å²) in [4.78, 5) is 21.1. The van der Waals surface area contributed by atoms with Gasteiger partial charge in [0.1, 0.15) is 5.82 Å². The first kappa shape index (κ1) is 16.7. The molecule has 2 aromatic carbocycles. The van der Waals surface area contributed by atoms with Gasteiger partial charge in [-0.1, -0.05) is 48.5 Å². The molecule has 5 heteroatoms. The Morgan fingerprint density at radius 3 is 2.52 bits per heavy atom. The van der Waals surface area contributed by atoms with E-state index in [0.717, 1.165) is 28.0 Å². The number of amides is 1. The minimum atomic E-state index is -0.466. The van der Waals surface area contributed by atoms with E-state index >= 15 is 0 Å². The van der Waals surface area contributed by atoms with Gasteiger partial charge in [0, 0.05) is 24.2 Å². The Morgan fingerprint density at radius 2 is 1.74 bits per heavy atom. The van der Waals surface area contributed by atoms with Crippen LogP contribution in [0.5, 0.6) is 0 Å². The van der Waals surface area contributed by atoms with Crippen LogP contribution in [0.4, 0.5) is 0 Å². The summed E-state index contributed by atoms with van der Waals surface area (Å²) in [5, 5.41) is 0.755. The molecule has 0 aliphatic heterocycles. The van der Waals surface area contributed by atoms with Gasteiger partial charge in [-0.15, -0.1) is 0 Å². The number of nitrogens with two attached hydrogens (primary N) is 1. The van der Waals surface area contributed by atoms with E-state index in [4.69, 9.17) is 5.73 Å². The van der Waals surface area contributed by atoms with Crippen LogP contribution in [0.25, 0.3) is 34.3 Å². The number of benzene rings is 2. The molecule has 0 spiro atoms. The number of fused-ring (bicyclic) bond motifs is 1. The van der Waals surface area contributed by atoms with Gasteiger partial charge in [0.2, 0.25) is 5.91 Å². The van der Waals surface area contributed by atoms with Crippen LogP contribution in [0.15, 0.2) is 66.9 Å². The van der Waals surface area contributed by atoms with Gasteiger partial charge in [-0.2, -0.15) is 0 Å². The molecule has 0 atom stereocenters. The summed E-state index contributed by atoms with van der Waals surface area (Å²) in [6, 6.07) is 19.2. The molecule has 2 heterocycles. The Labute approximate surface area is 156 Å². The Morgan fingerprint density at radius 1 is 1.00 bits per heavy atom. The molecule has 2 N–H and O–H groups in total. The summed E-state index contributed by atoms with van der Waals surface area (Å²) in [7, 11) is 1.95. The van der Waals surface area contributed by atoms with Gasteiger partial charge in [0.05, 0.1) is 22.5 Å². The molecular weight excluding hydrogens is 336 g/mol. The van der Waals surface area contributed by atoms with E-state index in [9.17, 15) is 4.79 Å². The zero-order valence-corrected chi connectivity index (χ0v) is 14.8. The minimum absolute atomic E-state index is 0.463. The van der Waals surface area contributed by atoms with Gasteiger partial charge in [0.25, 0.3) is 0 Å². The molecule has 5 nitrogen and oxygen atoms in total. The number of primary amides is 1. The topological polar surface area (TPSA) is 73.8 Å². The van der Waals surface area contributed by atoms with E-state index in [-0.39, 0.29) is 0 Å². The molecule has 0 bridgehead atoms. The van der Waals surface area contributed by atoms with Gasteiger partial charge in [-0.3, -0.25) is 4.79 Å². The number of para-hydroxylation sites is 1. The number of nitrogens with zero attached hydrogens (tertiary/aromatic N) is 3. The summed E-state index contributed by atoms with van der Waals surface area (Å²) in [5.41, 5.74) is 9.36. The number of rotatable bonds is 4. The van der Waals surface area contributed by atoms with Crippen LogP contribution >= 0.6 is 0 Å². The van der Waals surface area contributed by atoms with Crippen LogP contribution in [0.2, 0.25) is 0 Å². The third-order valence-electron chi connectivity index (χ3n) is 4.39. The smallest absolute Gasteiger partial charge is 0.249 e. The third kappa shape index (κ3) is 3.35. The maximum Gasteiger partial charge on any atom is 0.249 e. The van der Waals surface area contributed by atoms with Crippen LogP contribution in [0.3, 0.4) is 0 Å². The largest absolute Gasteiger partial charge is 0.366 e. The highest BCUT2D eigenvalue weighted by molar-refractivity contribution is 6.05. The van der Waals surface area contributed by atoms with Crippen LogP contribution < -0.4 is 5.73 Å². The number of aromatic nitrogens is 3. The quantitative estimate of drug-likeness (QED) is 0.604. The van der Waals surface area contributed by atoms with Gasteiger partial charge in [0.15, 0.2) is 0 Å². The maximum atomic E-state index is 11.8. The van der Waals surface area contributed by atoms with Gasteiger partial charge >= 0.3 is 0 Å². The Hall–Kier alpha value is -3.73. The lowest BCUT2D eigenvalue weighted by Gasteiger charge is -2.04. The van der Waals surface area contributed by atoms with Gasteiger partial charge in [-0.05, 0) is 24.3 Å². The zero-order valence-electron chi connectivity index (χ0n) is 14.8. The van der Waals surface area contributed by atoms with Crippen LogP contribution in [-0.4, -0.2) is 20.4 Å². The van der Waals surface area contributed by atoms with Gasteiger partial charge < -0.3 is 10.3 Å². The monoisotopic (exact) mass is 354 g/mol. The Kier molecular flexibility index (Phi) is 4.26. The van der Waals surface area contributed by atoms with E-state index in [1.807, 2.05) is 84.6 Å². The molecule has 4 aromatic rings. The lowest BCUT2D eigenvalue weighted by atomic mass is 10.1. The standard InChI is InChI=1S/C22H18N4O/c1-26-14-20(15-7-3-2-4-8-15)25-21(26)12-11-16-13-18(22(23)27)17-9-5-6-10-19(17)24-16/h2-14H,1H3,(H2,23,27)/b12-11+. The molecular formula is C22H18N4O. The average molecular weight is 354 g/mol. The van der Waals surface area contributed by atoms with E-state index in [1.54, 1.807) is 6.07 Å². The zero-order chi connectivity index (χ0) is 18.8. The first-order chi connectivity index (χ1) is 13.1. The predicted molar refractivity (Wildman–Crippen MR) is 108 cm³/mol. The summed E-state index contributed by atoms with van der Waals surface area (Å²) in [6.45, 7) is 0. The first-order valence-corrected chi connectivity index (χ1v) is 8.58. The van der Waals surface area contributed by atoms with Crippen molar-refractivity contribution in [3.05, 3.63) is 83.9 Å². The first-order valence-electron chi connectivity index (χ1n) is 8.58. The summed E-state index contributed by atoms with van der Waals surface area (Å²) in [6.07, 6.45) is 5.71. The molecule has 0 fully saturated rings. The SMILES string of the molecule is Cn1cc(-c2ccccc2)nc1/C=C/c1cc(C(N)=O)c2ccccc2n1. The molecule has 1 amide bonds. The second-order valence-electron chi connectivity index (χ2n) is 6.27. The van der Waals surface area contributed by atoms with Crippen molar-refractivity contribution >= 4 is 29.0 Å². The number of carbonyl (C=O) groups is 1. The second-order valence-corrected chi connectivity index (χ2v) is 6.27. The molecule has 4 rings (SSSR count). The van der Waals surface area contributed by atoms with Crippen LogP contribution in [0.1, 0.15) is 21.9 Å². The van der Waals surface area contributed by atoms with Crippen LogP contribution in [-0.2, 0) is 7.05 Å². The molecule has 0 saturated carbocycles. The van der Waals surface area contributed by atoms with Gasteiger partial charge in [-0.25, -0.2) is 9.97 Å². The maximum absolute atomic E-state index is 11.8. The number of aryl methyl sites for hydroxylation is 1. The fraction of sp³-hybridized carbons (Fsp3) is 0.0455. The highest BCUT2D eigenvalue weighted by atomic mass is 16.1. The van der Waals surface area contributed by atoms with Crippen molar-refractivity contribution in [2.45, 2.75) is 0 Å². The number of pyridine rings is 1. The highest BCUT2D eigenvalue weighted by Gasteiger charge is 2.09. The Balaban J connectivity index is 1.71. The van der Waals surface area contributed by atoms with E-state index in [1.165, 1.54) is 0 Å². The van der Waals surface area contributed by atoms with Crippen molar-refractivity contribution in [1.29, 1.82) is 0 Å². The lowest BCUT2D eigenvalue weighted by Crippen LogP contribution is -2.12. The number of hydrogen-bond donors (Lipinski definition) is 1. The fourth-order valence-corrected chi connectivity index (χ4v) is 3.03. The van der Waals surface area contributed by atoms with Crippen molar-refractivity contribution in [1.82, 2.24) is 14.5 Å². The molecule has 27 heavy (non-hydrogen) atoms. The minimum Gasteiger partial charge on any atom is -0.366 e. The van der Waals surface area contributed by atoms with Crippen molar-refractivity contribution in [2.24, 2.45) is 12.8 Å². The van der Waals surface area contributed by atoms with Crippen molar-refractivity contribution in [2.75, 3.05) is 0 Å². The molecule has 0 aliphatic rings. The second kappa shape index (κ2) is 6.88. The lowest BCUT2D eigenvalue weighted by molar-refractivity contribution is 0.100. The van der Waals surface area contributed by atoms with E-state index in [2.05, 4.69) is 9.97 Å². The molecule has 0 aliphatic carbocycles. The molecule has 0 saturated heterocycles. The third-order valence-corrected chi connectivity index (χ3v) is 4.39. The molecule has 0 radical (unpaired) electrons. The number of carbonyl (C=O) groups excluding carboxylic acids is 1. The summed E-state index contributed by atoms with van der Waals surface area (Å²) in [5.74, 6) is 0.330. The summed E-state index contributed by atoms with van der Waals surface area (Å²) < 4.78 is 1.95. The van der Waals surface area contributed by atoms with Crippen molar-refractivity contribution in [3.8, 4) is 11.3 Å². The molecule has 132 valence electrons. The van der Waals surface area contributed by atoms with Crippen LogP contribution in [0, 0.1) is 0 Å². The Bertz CT molecular complexity index is 1160. The number of imidazole rings is 1. The molecule has 2 aromatic heterocycles.